The van der Waals surface area contributed by atoms with Crippen LogP contribution in [0.15, 0.2) is 48.7 Å². The van der Waals surface area contributed by atoms with Gasteiger partial charge >= 0.3 is 0 Å². The number of hydrogen-bond acceptors (Lipinski definition) is 6. The maximum Gasteiger partial charge on any atom is 0.258 e. The van der Waals surface area contributed by atoms with Crippen LogP contribution in [0.4, 0.5) is 5.82 Å². The highest BCUT2D eigenvalue weighted by Crippen LogP contribution is 2.34. The van der Waals surface area contributed by atoms with E-state index in [0.717, 1.165) is 12.0 Å². The van der Waals surface area contributed by atoms with Gasteiger partial charge in [0.05, 0.1) is 11.9 Å². The van der Waals surface area contributed by atoms with Crippen LogP contribution in [-0.2, 0) is 0 Å². The molecule has 1 aromatic heterocycles. The number of benzene rings is 2. The molecular formula is C23H23Cl2N5O2. The number of likely N-dealkylation sites (tertiary alicyclic amines) is 1. The van der Waals surface area contributed by atoms with Gasteiger partial charge < -0.3 is 21.1 Å². The van der Waals surface area contributed by atoms with Gasteiger partial charge in [0.2, 0.25) is 0 Å². The molecule has 0 spiro atoms. The lowest BCUT2D eigenvalue weighted by Gasteiger charge is -2.18. The summed E-state index contributed by atoms with van der Waals surface area (Å²) in [5.74, 6) is 0.306. The molecule has 7 nitrogen and oxygen atoms in total. The molecule has 166 valence electrons. The molecule has 3 aromatic rings. The van der Waals surface area contributed by atoms with Crippen LogP contribution >= 0.6 is 23.2 Å². The normalized spacial score (nSPS) is 16.8. The summed E-state index contributed by atoms with van der Waals surface area (Å²) < 4.78 is 5.95. The monoisotopic (exact) mass is 471 g/mol. The molecule has 9 heteroatoms. The minimum absolute atomic E-state index is 0.0256. The van der Waals surface area contributed by atoms with Gasteiger partial charge in [0, 0.05) is 45.9 Å². The Hall–Kier alpha value is -2.87. The molecule has 1 saturated heterocycles. The number of hydrogen-bond donors (Lipinski definition) is 2. The largest absolute Gasteiger partial charge is 0.467 e. The van der Waals surface area contributed by atoms with Gasteiger partial charge in [-0.2, -0.15) is 0 Å². The van der Waals surface area contributed by atoms with Crippen LogP contribution in [0.25, 0.3) is 11.3 Å². The van der Waals surface area contributed by atoms with E-state index < -0.39 is 6.10 Å². The number of amides is 1. The molecule has 2 atom stereocenters. The highest BCUT2D eigenvalue weighted by atomic mass is 35.5. The maximum atomic E-state index is 12.6. The zero-order chi connectivity index (χ0) is 22.8. The van der Waals surface area contributed by atoms with Gasteiger partial charge in [0.25, 0.3) is 11.8 Å². The van der Waals surface area contributed by atoms with Gasteiger partial charge in [0.1, 0.15) is 6.10 Å². The average Bonchev–Trinajstić information content (AvgIpc) is 3.21. The van der Waals surface area contributed by atoms with Gasteiger partial charge in [-0.15, -0.1) is 0 Å². The quantitative estimate of drug-likeness (QED) is 0.572. The molecule has 1 aliphatic rings. The molecule has 1 amide bonds. The Bertz CT molecular complexity index is 1120. The SMILES string of the molecule is CC(Oc1nc(-c2ccc(C(=O)N3CC[C@H](N)C3)cc2)cnc1N)c1c(Cl)cccc1Cl. The van der Waals surface area contributed by atoms with E-state index >= 15 is 0 Å². The Morgan fingerprint density at radius 3 is 2.50 bits per heavy atom. The first-order valence-corrected chi connectivity index (χ1v) is 11.0. The molecular weight excluding hydrogens is 449 g/mol. The first kappa shape index (κ1) is 22.3. The van der Waals surface area contributed by atoms with Crippen LogP contribution in [0.3, 0.4) is 0 Å². The van der Waals surface area contributed by atoms with Crippen molar-refractivity contribution in [2.45, 2.75) is 25.5 Å². The first-order chi connectivity index (χ1) is 15.3. The lowest BCUT2D eigenvalue weighted by molar-refractivity contribution is 0.0791. The molecule has 4 N–H and O–H groups in total. The second kappa shape index (κ2) is 9.32. The molecule has 0 saturated carbocycles. The van der Waals surface area contributed by atoms with Crippen molar-refractivity contribution in [2.75, 3.05) is 18.8 Å². The minimum Gasteiger partial charge on any atom is -0.467 e. The summed E-state index contributed by atoms with van der Waals surface area (Å²) in [7, 11) is 0. The number of anilines is 1. The zero-order valence-corrected chi connectivity index (χ0v) is 19.0. The lowest BCUT2D eigenvalue weighted by Crippen LogP contribution is -2.31. The number of nitrogen functional groups attached to an aromatic ring is 1. The number of nitrogens with zero attached hydrogens (tertiary/aromatic N) is 3. The van der Waals surface area contributed by atoms with E-state index in [1.165, 1.54) is 0 Å². The Balaban J connectivity index is 1.54. The molecule has 0 radical (unpaired) electrons. The number of carbonyl (C=O) groups excluding carboxylic acids is 1. The smallest absolute Gasteiger partial charge is 0.258 e. The molecule has 2 heterocycles. The van der Waals surface area contributed by atoms with E-state index in [1.807, 2.05) is 19.1 Å². The van der Waals surface area contributed by atoms with E-state index in [1.54, 1.807) is 41.4 Å². The summed E-state index contributed by atoms with van der Waals surface area (Å²) in [4.78, 5) is 23.1. The fraction of sp³-hybridized carbons (Fsp3) is 0.261. The molecule has 32 heavy (non-hydrogen) atoms. The molecule has 1 aliphatic heterocycles. The van der Waals surface area contributed by atoms with Crippen molar-refractivity contribution in [3.8, 4) is 17.1 Å². The third-order valence-electron chi connectivity index (χ3n) is 5.40. The van der Waals surface area contributed by atoms with Gasteiger partial charge in [-0.1, -0.05) is 41.4 Å². The number of halogens is 2. The van der Waals surface area contributed by atoms with E-state index in [-0.39, 0.29) is 23.6 Å². The van der Waals surface area contributed by atoms with Crippen LogP contribution in [0.1, 0.15) is 35.4 Å². The Morgan fingerprint density at radius 1 is 1.19 bits per heavy atom. The highest BCUT2D eigenvalue weighted by Gasteiger charge is 2.24. The number of rotatable bonds is 5. The van der Waals surface area contributed by atoms with E-state index in [0.29, 0.717) is 40.0 Å². The van der Waals surface area contributed by atoms with E-state index in [9.17, 15) is 4.79 Å². The maximum absolute atomic E-state index is 12.6. The molecule has 2 aromatic carbocycles. The fourth-order valence-electron chi connectivity index (χ4n) is 3.67. The van der Waals surface area contributed by atoms with Gasteiger partial charge in [-0.3, -0.25) is 4.79 Å². The van der Waals surface area contributed by atoms with Gasteiger partial charge in [-0.25, -0.2) is 9.97 Å². The standard InChI is InChI=1S/C23H23Cl2N5O2/c1-13(20-17(24)3-2-4-18(20)25)32-22-21(27)28-11-19(29-22)14-5-7-15(8-6-14)23(31)30-10-9-16(26)12-30/h2-8,11,13,16H,9-10,12,26H2,1H3,(H2,27,28)/t13?,16-/m0/s1. The van der Waals surface area contributed by atoms with Crippen molar-refractivity contribution >= 4 is 34.9 Å². The molecule has 1 unspecified atom stereocenters. The first-order valence-electron chi connectivity index (χ1n) is 10.2. The Labute approximate surface area is 196 Å². The van der Waals surface area contributed by atoms with Crippen molar-refractivity contribution in [3.05, 3.63) is 69.8 Å². The molecule has 0 bridgehead atoms. The van der Waals surface area contributed by atoms with Crippen molar-refractivity contribution in [2.24, 2.45) is 5.73 Å². The Kier molecular flexibility index (Phi) is 6.50. The topological polar surface area (TPSA) is 107 Å². The van der Waals surface area contributed by atoms with Crippen molar-refractivity contribution in [1.29, 1.82) is 0 Å². The lowest BCUT2D eigenvalue weighted by atomic mass is 10.1. The summed E-state index contributed by atoms with van der Waals surface area (Å²) in [5.41, 5.74) is 14.5. The third kappa shape index (κ3) is 4.65. The van der Waals surface area contributed by atoms with Crippen LogP contribution in [-0.4, -0.2) is 39.9 Å². The average molecular weight is 472 g/mol. The second-order valence-corrected chi connectivity index (χ2v) is 8.53. The predicted molar refractivity (Wildman–Crippen MR) is 126 cm³/mol. The van der Waals surface area contributed by atoms with Crippen molar-refractivity contribution < 1.29 is 9.53 Å². The zero-order valence-electron chi connectivity index (χ0n) is 17.5. The predicted octanol–water partition coefficient (Wildman–Crippen LogP) is 4.35. The van der Waals surface area contributed by atoms with Crippen LogP contribution in [0.2, 0.25) is 10.0 Å². The summed E-state index contributed by atoms with van der Waals surface area (Å²) >= 11 is 12.6. The summed E-state index contributed by atoms with van der Waals surface area (Å²) in [6.07, 6.45) is 1.90. The van der Waals surface area contributed by atoms with Crippen molar-refractivity contribution in [3.63, 3.8) is 0 Å². The van der Waals surface area contributed by atoms with Crippen LogP contribution in [0, 0.1) is 0 Å². The van der Waals surface area contributed by atoms with Crippen molar-refractivity contribution in [1.82, 2.24) is 14.9 Å². The number of aromatic nitrogens is 2. The summed E-state index contributed by atoms with van der Waals surface area (Å²) in [6, 6.07) is 12.5. The number of carbonyl (C=O) groups is 1. The summed E-state index contributed by atoms with van der Waals surface area (Å²) in [5, 5.41) is 0.985. The van der Waals surface area contributed by atoms with E-state index in [4.69, 9.17) is 39.4 Å². The fourth-order valence-corrected chi connectivity index (χ4v) is 4.38. The number of nitrogens with two attached hydrogens (primary N) is 2. The summed E-state index contributed by atoms with van der Waals surface area (Å²) in [6.45, 7) is 3.07. The second-order valence-electron chi connectivity index (χ2n) is 7.72. The Morgan fingerprint density at radius 2 is 1.88 bits per heavy atom. The third-order valence-corrected chi connectivity index (χ3v) is 6.06. The van der Waals surface area contributed by atoms with Gasteiger partial charge in [-0.05, 0) is 37.6 Å². The molecule has 0 aliphatic carbocycles. The minimum atomic E-state index is -0.491. The number of ether oxygens (including phenoxy) is 1. The van der Waals surface area contributed by atoms with Crippen LogP contribution < -0.4 is 16.2 Å². The van der Waals surface area contributed by atoms with Gasteiger partial charge in [0.15, 0.2) is 5.82 Å². The van der Waals surface area contributed by atoms with Crippen LogP contribution in [0.5, 0.6) is 5.88 Å². The highest BCUT2D eigenvalue weighted by molar-refractivity contribution is 6.36. The molecule has 1 fully saturated rings. The molecule has 4 rings (SSSR count). The van der Waals surface area contributed by atoms with E-state index in [2.05, 4.69) is 9.97 Å².